The number of methoxy groups -OCH3 is 2. The van der Waals surface area contributed by atoms with Crippen LogP contribution in [-0.4, -0.2) is 40.6 Å². The lowest BCUT2D eigenvalue weighted by Gasteiger charge is -2.54. The van der Waals surface area contributed by atoms with Crippen LogP contribution >= 0.6 is 12.4 Å². The summed E-state index contributed by atoms with van der Waals surface area (Å²) in [5, 5.41) is 0. The Kier molecular flexibility index (Phi) is 10.6. The van der Waals surface area contributed by atoms with E-state index in [1.54, 1.807) is 14.2 Å². The Morgan fingerprint density at radius 2 is 1.47 bits per heavy atom. The van der Waals surface area contributed by atoms with Gasteiger partial charge in [0, 0.05) is 12.1 Å². The average Bonchev–Trinajstić information content (AvgIpc) is 2.99. The normalized spacial score (nSPS) is 21.2. The van der Waals surface area contributed by atoms with Gasteiger partial charge >= 0.3 is 10.3 Å². The third-order valence-corrected chi connectivity index (χ3v) is 10.0. The molecular formula is C35H45ClN2O6S. The Morgan fingerprint density at radius 3 is 2.04 bits per heavy atom. The molecule has 244 valence electrons. The van der Waals surface area contributed by atoms with E-state index in [0.717, 1.165) is 47.4 Å². The van der Waals surface area contributed by atoms with E-state index < -0.39 is 21.6 Å². The number of ether oxygens (including phenoxy) is 2. The highest BCUT2D eigenvalue weighted by atomic mass is 35.5. The lowest BCUT2D eigenvalue weighted by molar-refractivity contribution is -0.127. The molecule has 0 saturated carbocycles. The molecule has 2 fully saturated rings. The lowest BCUT2D eigenvalue weighted by atomic mass is 9.64. The second kappa shape index (κ2) is 13.9. The minimum atomic E-state index is -4.52. The number of benzene rings is 3. The summed E-state index contributed by atoms with van der Waals surface area (Å²) in [6.45, 7) is 7.96. The average molecular weight is 657 g/mol. The van der Waals surface area contributed by atoms with E-state index in [2.05, 4.69) is 15.7 Å². The van der Waals surface area contributed by atoms with Gasteiger partial charge in [0.1, 0.15) is 11.5 Å². The van der Waals surface area contributed by atoms with Gasteiger partial charge in [-0.1, -0.05) is 70.2 Å². The summed E-state index contributed by atoms with van der Waals surface area (Å²) >= 11 is 0. The van der Waals surface area contributed by atoms with Gasteiger partial charge < -0.3 is 18.6 Å². The van der Waals surface area contributed by atoms with Crippen LogP contribution in [-0.2, 0) is 20.5 Å². The van der Waals surface area contributed by atoms with Gasteiger partial charge in [-0.15, -0.1) is 12.4 Å². The molecule has 0 spiro atoms. The van der Waals surface area contributed by atoms with Gasteiger partial charge in [0.2, 0.25) is 5.91 Å². The minimum absolute atomic E-state index is 0. The van der Waals surface area contributed by atoms with Crippen LogP contribution in [0, 0.1) is 0 Å². The topological polar surface area (TPSA) is 94.2 Å². The lowest BCUT2D eigenvalue weighted by Crippen LogP contribution is -2.62. The van der Waals surface area contributed by atoms with Gasteiger partial charge in [-0.25, -0.2) is 4.72 Å². The molecule has 1 N–H and O–H groups in total. The predicted octanol–water partition coefficient (Wildman–Crippen LogP) is 7.27. The molecule has 2 heterocycles. The Balaban J connectivity index is 0.00000461. The Morgan fingerprint density at radius 1 is 0.867 bits per heavy atom. The number of rotatable bonds is 10. The molecule has 1 amide bonds. The van der Waals surface area contributed by atoms with Gasteiger partial charge in [-0.2, -0.15) is 8.42 Å². The minimum Gasteiger partial charge on any atom is -0.497 e. The van der Waals surface area contributed by atoms with E-state index in [1.807, 2.05) is 88.4 Å². The number of hydrogen-bond donors (Lipinski definition) is 1. The Hall–Kier alpha value is -3.43. The highest BCUT2D eigenvalue weighted by Gasteiger charge is 2.53. The zero-order valence-corrected chi connectivity index (χ0v) is 28.5. The van der Waals surface area contributed by atoms with E-state index in [4.69, 9.17) is 13.7 Å². The monoisotopic (exact) mass is 656 g/mol. The largest absolute Gasteiger partial charge is 0.497 e. The van der Waals surface area contributed by atoms with Crippen molar-refractivity contribution in [3.63, 3.8) is 0 Å². The number of amides is 1. The Labute approximate surface area is 274 Å². The third-order valence-electron chi connectivity index (χ3n) is 9.18. The first-order chi connectivity index (χ1) is 21.0. The van der Waals surface area contributed by atoms with Crippen LogP contribution in [0.15, 0.2) is 66.7 Å². The smallest absolute Gasteiger partial charge is 0.409 e. The summed E-state index contributed by atoms with van der Waals surface area (Å²) < 4.78 is 46.8. The zero-order valence-electron chi connectivity index (χ0n) is 26.9. The third kappa shape index (κ3) is 6.89. The van der Waals surface area contributed by atoms with Crippen molar-refractivity contribution in [3.05, 3.63) is 83.4 Å². The van der Waals surface area contributed by atoms with Gasteiger partial charge in [-0.3, -0.25) is 4.79 Å². The first-order valence-electron chi connectivity index (χ1n) is 15.4. The van der Waals surface area contributed by atoms with Crippen molar-refractivity contribution in [2.45, 2.75) is 89.1 Å². The maximum Gasteiger partial charge on any atom is 0.409 e. The number of anilines is 1. The van der Waals surface area contributed by atoms with E-state index in [1.165, 1.54) is 0 Å². The molecular weight excluding hydrogens is 612 g/mol. The van der Waals surface area contributed by atoms with Crippen LogP contribution in [0.5, 0.6) is 17.2 Å². The number of fused-ring (bicyclic) bond motifs is 2. The van der Waals surface area contributed by atoms with Crippen molar-refractivity contribution in [1.82, 2.24) is 4.72 Å². The first kappa shape index (κ1) is 34.4. The highest BCUT2D eigenvalue weighted by molar-refractivity contribution is 7.85. The van der Waals surface area contributed by atoms with Crippen LogP contribution in [0.2, 0.25) is 0 Å². The number of hydrogen-bond acceptors (Lipinski definition) is 7. The molecule has 2 unspecified atom stereocenters. The molecule has 10 heteroatoms. The van der Waals surface area contributed by atoms with Crippen molar-refractivity contribution in [2.24, 2.45) is 0 Å². The number of halogens is 1. The number of nitrogens with one attached hydrogen (secondary N) is 1. The summed E-state index contributed by atoms with van der Waals surface area (Å²) in [5.41, 5.74) is 2.14. The second-order valence-electron chi connectivity index (χ2n) is 12.6. The van der Waals surface area contributed by atoms with Crippen molar-refractivity contribution >= 4 is 34.3 Å². The second-order valence-corrected chi connectivity index (χ2v) is 13.9. The maximum absolute atomic E-state index is 14.5. The quantitative estimate of drug-likeness (QED) is 0.245. The Bertz CT molecular complexity index is 1570. The van der Waals surface area contributed by atoms with Crippen molar-refractivity contribution in [3.8, 4) is 17.2 Å². The standard InChI is InChI=1S/C35H44N2O6S.ClH/c1-23(2)29-16-11-17-30(24(3)4)33(29)43-44(39,40)36-34(38)35(25-12-9-15-28(20-25)41-5)21-26-13-10-14-27(22-35)37(26)31-18-7-8-19-32(31)42-6;/h7-9,11-12,15-20,23-24,26-27H,10,13-14,21-22H2,1-6H3,(H,36,38);1H. The molecule has 2 atom stereocenters. The van der Waals surface area contributed by atoms with E-state index >= 15 is 0 Å². The summed E-state index contributed by atoms with van der Waals surface area (Å²) in [5.74, 6) is 1.14. The molecule has 3 aromatic carbocycles. The number of carbonyl (C=O) groups excluding carboxylic acids is 1. The van der Waals surface area contributed by atoms with Crippen LogP contribution in [0.3, 0.4) is 0 Å². The van der Waals surface area contributed by atoms with E-state index in [0.29, 0.717) is 18.6 Å². The van der Waals surface area contributed by atoms with Gasteiger partial charge in [-0.05, 0) is 84.9 Å². The van der Waals surface area contributed by atoms with Crippen LogP contribution in [0.4, 0.5) is 5.69 Å². The summed E-state index contributed by atoms with van der Waals surface area (Å²) in [6.07, 6.45) is 3.63. The number of para-hydroxylation sites is 3. The van der Waals surface area contributed by atoms with Crippen molar-refractivity contribution in [1.29, 1.82) is 0 Å². The van der Waals surface area contributed by atoms with E-state index in [-0.39, 0.29) is 42.1 Å². The van der Waals surface area contributed by atoms with Gasteiger partial charge in [0.05, 0.1) is 25.3 Å². The fourth-order valence-electron chi connectivity index (χ4n) is 7.08. The fraction of sp³-hybridized carbons (Fsp3) is 0.457. The summed E-state index contributed by atoms with van der Waals surface area (Å²) in [6, 6.07) is 21.0. The highest BCUT2D eigenvalue weighted by Crippen LogP contribution is 2.50. The number of piperidine rings is 2. The molecule has 2 aliphatic heterocycles. The summed E-state index contributed by atoms with van der Waals surface area (Å²) in [7, 11) is -1.27. The molecule has 5 rings (SSSR count). The number of nitrogens with zero attached hydrogens (tertiary/aromatic N) is 1. The van der Waals surface area contributed by atoms with E-state index in [9.17, 15) is 13.2 Å². The predicted molar refractivity (Wildman–Crippen MR) is 180 cm³/mol. The molecule has 2 saturated heterocycles. The molecule has 45 heavy (non-hydrogen) atoms. The van der Waals surface area contributed by atoms with Gasteiger partial charge in [0.25, 0.3) is 0 Å². The zero-order chi connectivity index (χ0) is 31.6. The molecule has 0 radical (unpaired) electrons. The molecule has 8 nitrogen and oxygen atoms in total. The van der Waals surface area contributed by atoms with Crippen LogP contribution in [0.1, 0.15) is 88.3 Å². The molecule has 0 aliphatic carbocycles. The first-order valence-corrected chi connectivity index (χ1v) is 16.9. The van der Waals surface area contributed by atoms with Crippen molar-refractivity contribution in [2.75, 3.05) is 19.1 Å². The SMILES string of the molecule is COc1cccc(C2(C(=O)NS(=O)(=O)Oc3c(C(C)C)cccc3C(C)C)CC3CCCC(C2)N3c2ccccc2OC)c1.Cl. The molecule has 2 bridgehead atoms. The molecule has 0 aromatic heterocycles. The summed E-state index contributed by atoms with van der Waals surface area (Å²) in [4.78, 5) is 16.9. The van der Waals surface area contributed by atoms with Gasteiger partial charge in [0.15, 0.2) is 5.75 Å². The maximum atomic E-state index is 14.5. The van der Waals surface area contributed by atoms with Crippen LogP contribution < -0.4 is 23.3 Å². The number of carbonyl (C=O) groups is 1. The fourth-order valence-corrected chi connectivity index (χ4v) is 7.96. The van der Waals surface area contributed by atoms with Crippen molar-refractivity contribution < 1.29 is 26.9 Å². The molecule has 2 aliphatic rings. The molecule has 3 aromatic rings. The van der Waals surface area contributed by atoms with Crippen LogP contribution in [0.25, 0.3) is 0 Å².